The van der Waals surface area contributed by atoms with Crippen molar-refractivity contribution in [1.29, 1.82) is 0 Å². The number of hydrogen-bond acceptors (Lipinski definition) is 4. The largest absolute Gasteiger partial charge is 0.481 e. The molecule has 2 atom stereocenters. The zero-order valence-electron chi connectivity index (χ0n) is 15.6. The number of halogens is 2. The first kappa shape index (κ1) is 27.4. The van der Waals surface area contributed by atoms with E-state index in [9.17, 15) is 4.79 Å². The van der Waals surface area contributed by atoms with E-state index in [4.69, 9.17) is 15.2 Å². The van der Waals surface area contributed by atoms with Crippen LogP contribution in [0.5, 0.6) is 0 Å². The lowest BCUT2D eigenvalue weighted by Crippen LogP contribution is -2.27. The zero-order chi connectivity index (χ0) is 17.9. The Bertz CT molecular complexity index is 480. The lowest BCUT2D eigenvalue weighted by molar-refractivity contribution is -0.138. The Morgan fingerprint density at radius 3 is 2.27 bits per heavy atom. The predicted octanol–water partition coefficient (Wildman–Crippen LogP) is 3.33. The number of rotatable bonds is 12. The third kappa shape index (κ3) is 13.4. The quantitative estimate of drug-likeness (QED) is 0.463. The summed E-state index contributed by atoms with van der Waals surface area (Å²) < 4.78 is 0. The van der Waals surface area contributed by atoms with Crippen LogP contribution in [0.2, 0.25) is 6.32 Å². The Balaban J connectivity index is 0. The van der Waals surface area contributed by atoms with Gasteiger partial charge in [0.2, 0.25) is 0 Å². The van der Waals surface area contributed by atoms with Crippen molar-refractivity contribution in [2.45, 2.75) is 45.5 Å². The Labute approximate surface area is 169 Å². The van der Waals surface area contributed by atoms with Crippen molar-refractivity contribution in [3.05, 3.63) is 35.9 Å². The van der Waals surface area contributed by atoms with Crippen molar-refractivity contribution in [2.24, 2.45) is 11.8 Å². The summed E-state index contributed by atoms with van der Waals surface area (Å²) in [6.07, 6.45) is 3.04. The fourth-order valence-corrected chi connectivity index (χ4v) is 3.00. The first-order valence-corrected chi connectivity index (χ1v) is 8.67. The topological polar surface area (TPSA) is 81.0 Å². The maximum Gasteiger partial charge on any atom is 0.451 e. The van der Waals surface area contributed by atoms with Crippen molar-refractivity contribution >= 4 is 37.9 Å². The summed E-state index contributed by atoms with van der Waals surface area (Å²) in [5.41, 5.74) is 1.22. The fraction of sp³-hybridized carbons (Fsp3) is 0.611. The van der Waals surface area contributed by atoms with Gasteiger partial charge in [-0.1, -0.05) is 50.1 Å². The molecule has 0 saturated carbocycles. The average Bonchev–Trinajstić information content (AvgIpc) is 2.51. The van der Waals surface area contributed by atoms with Crippen LogP contribution in [0.4, 0.5) is 0 Å². The Morgan fingerprint density at radius 1 is 1.12 bits per heavy atom. The number of carboxylic acids is 1. The van der Waals surface area contributed by atoms with Crippen LogP contribution < -0.4 is 0 Å². The van der Waals surface area contributed by atoms with Gasteiger partial charge in [-0.25, -0.2) is 0 Å². The van der Waals surface area contributed by atoms with E-state index in [1.54, 1.807) is 0 Å². The van der Waals surface area contributed by atoms with E-state index in [0.29, 0.717) is 12.2 Å². The third-order valence-electron chi connectivity index (χ3n) is 4.31. The highest BCUT2D eigenvalue weighted by molar-refractivity contribution is 6.40. The van der Waals surface area contributed by atoms with Gasteiger partial charge in [0.05, 0.1) is 0 Å². The molecule has 2 unspecified atom stereocenters. The van der Waals surface area contributed by atoms with Gasteiger partial charge in [0.15, 0.2) is 0 Å². The normalized spacial score (nSPS) is 12.7. The number of hydrogen-bond donors (Lipinski definition) is 3. The molecule has 0 bridgehead atoms. The van der Waals surface area contributed by atoms with Gasteiger partial charge in [0.1, 0.15) is 0 Å². The SMILES string of the molecule is CC(CCB(O)O)CCC(CC(=O)O)CN(C)Cc1ccccc1.Cl.Cl. The Kier molecular flexibility index (Phi) is 16.1. The molecule has 1 aromatic carbocycles. The monoisotopic (exact) mass is 407 g/mol. The molecule has 150 valence electrons. The molecule has 5 nitrogen and oxygen atoms in total. The molecule has 1 rings (SSSR count). The van der Waals surface area contributed by atoms with Crippen LogP contribution >= 0.6 is 24.8 Å². The number of carboxylic acid groups (broad SMARTS) is 1. The van der Waals surface area contributed by atoms with E-state index in [1.165, 1.54) is 5.56 Å². The minimum Gasteiger partial charge on any atom is -0.481 e. The number of benzene rings is 1. The van der Waals surface area contributed by atoms with Gasteiger partial charge >= 0.3 is 13.1 Å². The van der Waals surface area contributed by atoms with E-state index in [-0.39, 0.29) is 37.2 Å². The molecule has 3 N–H and O–H groups in total. The molecule has 0 heterocycles. The fourth-order valence-electron chi connectivity index (χ4n) is 3.00. The number of aliphatic carboxylic acids is 1. The van der Waals surface area contributed by atoms with Crippen molar-refractivity contribution in [2.75, 3.05) is 13.6 Å². The van der Waals surface area contributed by atoms with Crippen molar-refractivity contribution in [3.8, 4) is 0 Å². The molecule has 0 aromatic heterocycles. The molecule has 0 amide bonds. The summed E-state index contributed by atoms with van der Waals surface area (Å²) in [5, 5.41) is 27.0. The molecule has 0 radical (unpaired) electrons. The second-order valence-corrected chi connectivity index (χ2v) is 6.89. The van der Waals surface area contributed by atoms with Gasteiger partial charge in [0.25, 0.3) is 0 Å². The minimum absolute atomic E-state index is 0. The molecule has 0 aliphatic rings. The summed E-state index contributed by atoms with van der Waals surface area (Å²) >= 11 is 0. The van der Waals surface area contributed by atoms with E-state index in [1.807, 2.05) is 25.2 Å². The number of carbonyl (C=O) groups is 1. The first-order valence-electron chi connectivity index (χ1n) is 8.67. The molecule has 0 fully saturated rings. The Morgan fingerprint density at radius 2 is 1.73 bits per heavy atom. The van der Waals surface area contributed by atoms with Crippen LogP contribution in [0.15, 0.2) is 30.3 Å². The van der Waals surface area contributed by atoms with Crippen molar-refractivity contribution < 1.29 is 19.9 Å². The third-order valence-corrected chi connectivity index (χ3v) is 4.31. The van der Waals surface area contributed by atoms with Gasteiger partial charge in [0, 0.05) is 19.5 Å². The standard InChI is InChI=1S/C18H30BNO4.2ClH/c1-15(10-11-19(23)24)8-9-17(12-18(21)22)14-20(2)13-16-6-4-3-5-7-16;;/h3-7,15,17,23-24H,8-14H2,1-2H3,(H,21,22);2*1H. The van der Waals surface area contributed by atoms with E-state index >= 15 is 0 Å². The van der Waals surface area contributed by atoms with Crippen LogP contribution in [-0.4, -0.2) is 46.7 Å². The van der Waals surface area contributed by atoms with Crippen LogP contribution in [0.3, 0.4) is 0 Å². The zero-order valence-corrected chi connectivity index (χ0v) is 17.2. The van der Waals surface area contributed by atoms with Crippen LogP contribution in [-0.2, 0) is 11.3 Å². The molecular formula is C18H32BCl2NO4. The molecular weight excluding hydrogens is 376 g/mol. The summed E-state index contributed by atoms with van der Waals surface area (Å²) in [6.45, 7) is 3.63. The van der Waals surface area contributed by atoms with Gasteiger partial charge in [-0.05, 0) is 37.2 Å². The summed E-state index contributed by atoms with van der Waals surface area (Å²) in [6, 6.07) is 10.2. The van der Waals surface area contributed by atoms with Crippen LogP contribution in [0, 0.1) is 11.8 Å². The van der Waals surface area contributed by atoms with Crippen molar-refractivity contribution in [3.63, 3.8) is 0 Å². The van der Waals surface area contributed by atoms with E-state index in [2.05, 4.69) is 24.0 Å². The van der Waals surface area contributed by atoms with Gasteiger partial charge < -0.3 is 20.1 Å². The van der Waals surface area contributed by atoms with Crippen LogP contribution in [0.1, 0.15) is 38.2 Å². The molecule has 26 heavy (non-hydrogen) atoms. The summed E-state index contributed by atoms with van der Waals surface area (Å²) in [5.74, 6) is -0.285. The second-order valence-electron chi connectivity index (χ2n) is 6.89. The highest BCUT2D eigenvalue weighted by Gasteiger charge is 2.18. The minimum atomic E-state index is -1.25. The smallest absolute Gasteiger partial charge is 0.451 e. The van der Waals surface area contributed by atoms with Crippen LogP contribution in [0.25, 0.3) is 0 Å². The summed E-state index contributed by atoms with van der Waals surface area (Å²) in [4.78, 5) is 13.3. The highest BCUT2D eigenvalue weighted by atomic mass is 35.5. The summed E-state index contributed by atoms with van der Waals surface area (Å²) in [7, 11) is 0.771. The van der Waals surface area contributed by atoms with Gasteiger partial charge in [-0.3, -0.25) is 4.79 Å². The predicted molar refractivity (Wildman–Crippen MR) is 111 cm³/mol. The maximum atomic E-state index is 11.1. The van der Waals surface area contributed by atoms with Gasteiger partial charge in [-0.2, -0.15) is 0 Å². The lowest BCUT2D eigenvalue weighted by atomic mass is 9.80. The molecule has 1 aromatic rings. The van der Waals surface area contributed by atoms with E-state index < -0.39 is 13.1 Å². The first-order chi connectivity index (χ1) is 11.4. The lowest BCUT2D eigenvalue weighted by Gasteiger charge is -2.24. The second kappa shape index (κ2) is 15.3. The maximum absolute atomic E-state index is 11.1. The molecule has 0 spiro atoms. The molecule has 0 aliphatic heterocycles. The Hall–Kier alpha value is -0.785. The van der Waals surface area contributed by atoms with Crippen molar-refractivity contribution in [1.82, 2.24) is 4.90 Å². The van der Waals surface area contributed by atoms with E-state index in [0.717, 1.165) is 32.4 Å². The molecule has 0 aliphatic carbocycles. The number of nitrogens with zero attached hydrogens (tertiary/aromatic N) is 1. The van der Waals surface area contributed by atoms with Gasteiger partial charge in [-0.15, -0.1) is 24.8 Å². The highest BCUT2D eigenvalue weighted by Crippen LogP contribution is 2.21. The molecule has 8 heteroatoms. The molecule has 0 saturated heterocycles. The average molecular weight is 408 g/mol.